The highest BCUT2D eigenvalue weighted by Crippen LogP contribution is 2.25. The molecule has 1 aromatic carbocycles. The van der Waals surface area contributed by atoms with Crippen LogP contribution in [-0.4, -0.2) is 41.6 Å². The molecule has 0 aliphatic carbocycles. The molecule has 0 atom stereocenters. The van der Waals surface area contributed by atoms with E-state index in [1.165, 1.54) is 18.2 Å². The van der Waals surface area contributed by atoms with Crippen LogP contribution >= 0.6 is 11.6 Å². The largest absolute Gasteiger partial charge is 0.492 e. The van der Waals surface area contributed by atoms with Gasteiger partial charge in [-0.25, -0.2) is 4.79 Å². The zero-order chi connectivity index (χ0) is 15.8. The quantitative estimate of drug-likeness (QED) is 0.749. The van der Waals surface area contributed by atoms with E-state index >= 15 is 0 Å². The van der Waals surface area contributed by atoms with Crippen molar-refractivity contribution in [3.63, 3.8) is 0 Å². The van der Waals surface area contributed by atoms with E-state index in [1.807, 2.05) is 13.8 Å². The standard InChI is InChI=1S/C15H20ClNO4/c1-3-17(4-2)14(18)6-5-9-21-13-8-7-11(15(19)20)10-12(13)16/h7-8,10H,3-6,9H2,1-2H3,(H,19,20). The average molecular weight is 314 g/mol. The van der Waals surface area contributed by atoms with Gasteiger partial charge in [-0.2, -0.15) is 0 Å². The van der Waals surface area contributed by atoms with Crippen molar-refractivity contribution in [1.29, 1.82) is 0 Å². The van der Waals surface area contributed by atoms with Crippen LogP contribution in [0.25, 0.3) is 0 Å². The minimum absolute atomic E-state index is 0.107. The summed E-state index contributed by atoms with van der Waals surface area (Å²) in [5.41, 5.74) is 0.115. The van der Waals surface area contributed by atoms with E-state index in [9.17, 15) is 9.59 Å². The molecule has 0 bridgehead atoms. The van der Waals surface area contributed by atoms with E-state index in [0.29, 0.717) is 38.3 Å². The van der Waals surface area contributed by atoms with Gasteiger partial charge in [0.1, 0.15) is 5.75 Å². The molecule has 6 heteroatoms. The third-order valence-electron chi connectivity index (χ3n) is 3.09. The highest BCUT2D eigenvalue weighted by atomic mass is 35.5. The van der Waals surface area contributed by atoms with E-state index in [0.717, 1.165) is 0 Å². The Morgan fingerprint density at radius 1 is 1.29 bits per heavy atom. The fourth-order valence-corrected chi connectivity index (χ4v) is 2.13. The lowest BCUT2D eigenvalue weighted by molar-refractivity contribution is -0.131. The number of hydrogen-bond donors (Lipinski definition) is 1. The number of hydrogen-bond acceptors (Lipinski definition) is 3. The van der Waals surface area contributed by atoms with Crippen molar-refractivity contribution >= 4 is 23.5 Å². The van der Waals surface area contributed by atoms with Gasteiger partial charge in [0.05, 0.1) is 17.2 Å². The number of benzene rings is 1. The highest BCUT2D eigenvalue weighted by Gasteiger charge is 2.10. The number of carbonyl (C=O) groups excluding carboxylic acids is 1. The molecule has 1 rings (SSSR count). The van der Waals surface area contributed by atoms with Gasteiger partial charge in [0.2, 0.25) is 5.91 Å². The minimum atomic E-state index is -1.03. The molecule has 0 spiro atoms. The molecule has 0 unspecified atom stereocenters. The van der Waals surface area contributed by atoms with Crippen molar-refractivity contribution in [2.45, 2.75) is 26.7 Å². The molecule has 0 aromatic heterocycles. The van der Waals surface area contributed by atoms with E-state index in [-0.39, 0.29) is 16.5 Å². The molecule has 0 saturated carbocycles. The number of ether oxygens (including phenoxy) is 1. The first kappa shape index (κ1) is 17.3. The maximum Gasteiger partial charge on any atom is 0.335 e. The molecule has 1 N–H and O–H groups in total. The van der Waals surface area contributed by atoms with Gasteiger partial charge >= 0.3 is 5.97 Å². The summed E-state index contributed by atoms with van der Waals surface area (Å²) < 4.78 is 5.47. The van der Waals surface area contributed by atoms with Crippen molar-refractivity contribution in [2.24, 2.45) is 0 Å². The molecular formula is C15H20ClNO4. The molecule has 0 aliphatic rings. The van der Waals surface area contributed by atoms with Crippen molar-refractivity contribution in [3.05, 3.63) is 28.8 Å². The molecule has 0 fully saturated rings. The Kier molecular flexibility index (Phi) is 7.02. The van der Waals surface area contributed by atoms with Crippen LogP contribution in [0.15, 0.2) is 18.2 Å². The van der Waals surface area contributed by atoms with E-state index in [2.05, 4.69) is 0 Å². The van der Waals surface area contributed by atoms with Gasteiger partial charge in [-0.3, -0.25) is 4.79 Å². The fraction of sp³-hybridized carbons (Fsp3) is 0.467. The number of carbonyl (C=O) groups is 2. The summed E-state index contributed by atoms with van der Waals surface area (Å²) in [6.07, 6.45) is 1.01. The number of nitrogens with zero attached hydrogens (tertiary/aromatic N) is 1. The predicted octanol–water partition coefficient (Wildman–Crippen LogP) is 3.07. The van der Waals surface area contributed by atoms with Gasteiger partial charge in [-0.15, -0.1) is 0 Å². The molecule has 0 radical (unpaired) electrons. The molecule has 0 aliphatic heterocycles. The predicted molar refractivity (Wildman–Crippen MR) is 81.1 cm³/mol. The molecule has 1 amide bonds. The van der Waals surface area contributed by atoms with Gasteiger partial charge in [-0.1, -0.05) is 11.6 Å². The highest BCUT2D eigenvalue weighted by molar-refractivity contribution is 6.32. The van der Waals surface area contributed by atoms with Crippen LogP contribution in [0.1, 0.15) is 37.0 Å². The van der Waals surface area contributed by atoms with Crippen molar-refractivity contribution in [2.75, 3.05) is 19.7 Å². The lowest BCUT2D eigenvalue weighted by atomic mass is 10.2. The summed E-state index contributed by atoms with van der Waals surface area (Å²) in [7, 11) is 0. The minimum Gasteiger partial charge on any atom is -0.492 e. The summed E-state index contributed by atoms with van der Waals surface area (Å²) in [6.45, 7) is 5.67. The maximum absolute atomic E-state index is 11.8. The Balaban J connectivity index is 2.43. The van der Waals surface area contributed by atoms with Gasteiger partial charge in [0.25, 0.3) is 0 Å². The first-order valence-electron chi connectivity index (χ1n) is 6.93. The van der Waals surface area contributed by atoms with Crippen LogP contribution in [0, 0.1) is 0 Å². The molecule has 0 heterocycles. The van der Waals surface area contributed by atoms with E-state index < -0.39 is 5.97 Å². The van der Waals surface area contributed by atoms with Crippen LogP contribution in [-0.2, 0) is 4.79 Å². The molecule has 0 saturated heterocycles. The van der Waals surface area contributed by atoms with Gasteiger partial charge in [0.15, 0.2) is 0 Å². The van der Waals surface area contributed by atoms with Gasteiger partial charge < -0.3 is 14.7 Å². The van der Waals surface area contributed by atoms with Crippen molar-refractivity contribution < 1.29 is 19.4 Å². The summed E-state index contributed by atoms with van der Waals surface area (Å²) in [4.78, 5) is 24.3. The van der Waals surface area contributed by atoms with E-state index in [4.69, 9.17) is 21.4 Å². The Labute approximate surface area is 129 Å². The van der Waals surface area contributed by atoms with Gasteiger partial charge in [0, 0.05) is 19.5 Å². The number of carboxylic acids is 1. The SMILES string of the molecule is CCN(CC)C(=O)CCCOc1ccc(C(=O)O)cc1Cl. The zero-order valence-electron chi connectivity index (χ0n) is 12.3. The van der Waals surface area contributed by atoms with Crippen molar-refractivity contribution in [3.8, 4) is 5.75 Å². The second kappa shape index (κ2) is 8.52. The topological polar surface area (TPSA) is 66.8 Å². The third-order valence-corrected chi connectivity index (χ3v) is 3.38. The van der Waals surface area contributed by atoms with Crippen LogP contribution in [0.4, 0.5) is 0 Å². The molecule has 5 nitrogen and oxygen atoms in total. The van der Waals surface area contributed by atoms with Crippen LogP contribution in [0.5, 0.6) is 5.75 Å². The smallest absolute Gasteiger partial charge is 0.335 e. The summed E-state index contributed by atoms with van der Waals surface area (Å²) in [5, 5.41) is 9.09. The molecule has 1 aromatic rings. The van der Waals surface area contributed by atoms with E-state index in [1.54, 1.807) is 4.90 Å². The Morgan fingerprint density at radius 2 is 1.95 bits per heavy atom. The number of halogens is 1. The summed E-state index contributed by atoms with van der Waals surface area (Å²) in [5.74, 6) is -0.499. The second-order valence-electron chi connectivity index (χ2n) is 4.47. The lowest BCUT2D eigenvalue weighted by Gasteiger charge is -2.18. The average Bonchev–Trinajstić information content (AvgIpc) is 2.46. The molecular weight excluding hydrogens is 294 g/mol. The number of aromatic carboxylic acids is 1. The number of rotatable bonds is 8. The van der Waals surface area contributed by atoms with Gasteiger partial charge in [-0.05, 0) is 38.5 Å². The Hall–Kier alpha value is -1.75. The first-order chi connectivity index (χ1) is 9.99. The Bertz CT molecular complexity index is 500. The number of carboxylic acid groups (broad SMARTS) is 1. The monoisotopic (exact) mass is 313 g/mol. The summed E-state index contributed by atoms with van der Waals surface area (Å²) in [6, 6.07) is 4.31. The van der Waals surface area contributed by atoms with Crippen LogP contribution < -0.4 is 4.74 Å². The van der Waals surface area contributed by atoms with Crippen LogP contribution in [0.2, 0.25) is 5.02 Å². The Morgan fingerprint density at radius 3 is 2.48 bits per heavy atom. The normalized spacial score (nSPS) is 10.2. The maximum atomic E-state index is 11.8. The first-order valence-corrected chi connectivity index (χ1v) is 7.30. The third kappa shape index (κ3) is 5.27. The zero-order valence-corrected chi connectivity index (χ0v) is 13.0. The second-order valence-corrected chi connectivity index (χ2v) is 4.88. The fourth-order valence-electron chi connectivity index (χ4n) is 1.89. The van der Waals surface area contributed by atoms with Crippen LogP contribution in [0.3, 0.4) is 0 Å². The molecule has 116 valence electrons. The lowest BCUT2D eigenvalue weighted by Crippen LogP contribution is -2.30. The summed E-state index contributed by atoms with van der Waals surface area (Å²) >= 11 is 5.95. The van der Waals surface area contributed by atoms with Crippen molar-refractivity contribution in [1.82, 2.24) is 4.90 Å². The molecule has 21 heavy (non-hydrogen) atoms. The number of amides is 1.